The Balaban J connectivity index is 2.87. The summed E-state index contributed by atoms with van der Waals surface area (Å²) in [6.45, 7) is 4.61. The highest BCUT2D eigenvalue weighted by Gasteiger charge is 2.22. The molecule has 1 aromatic carbocycles. The summed E-state index contributed by atoms with van der Waals surface area (Å²) in [6.07, 6.45) is 0. The second kappa shape index (κ2) is 5.27. The Morgan fingerprint density at radius 2 is 2.06 bits per heavy atom. The van der Waals surface area contributed by atoms with Crippen molar-refractivity contribution in [2.45, 2.75) is 19.4 Å². The van der Waals surface area contributed by atoms with Gasteiger partial charge >= 0.3 is 0 Å². The van der Waals surface area contributed by atoms with E-state index in [2.05, 4.69) is 0 Å². The summed E-state index contributed by atoms with van der Waals surface area (Å²) in [5, 5.41) is 9.11. The van der Waals surface area contributed by atoms with Crippen LogP contribution in [0, 0.1) is 5.82 Å². The number of halogens is 1. The third-order valence-electron chi connectivity index (χ3n) is 2.49. The van der Waals surface area contributed by atoms with Crippen molar-refractivity contribution in [3.63, 3.8) is 0 Å². The molecule has 0 saturated heterocycles. The molecule has 3 nitrogen and oxygen atoms in total. The van der Waals surface area contributed by atoms with E-state index in [-0.39, 0.29) is 12.4 Å². The predicted octanol–water partition coefficient (Wildman–Crippen LogP) is 1.36. The minimum atomic E-state index is -0.724. The first-order valence-corrected chi connectivity index (χ1v) is 5.39. The molecule has 0 aliphatic heterocycles. The molecular weight excluding hydrogens is 207 g/mol. The average Bonchev–Trinajstić information content (AvgIpc) is 2.27. The van der Waals surface area contributed by atoms with E-state index in [9.17, 15) is 4.39 Å². The molecule has 1 rings (SSSR count). The molecule has 1 aromatic rings. The Morgan fingerprint density at radius 1 is 1.44 bits per heavy atom. The Kier molecular flexibility index (Phi) is 4.26. The smallest absolute Gasteiger partial charge is 0.146 e. The van der Waals surface area contributed by atoms with Crippen molar-refractivity contribution in [1.29, 1.82) is 0 Å². The van der Waals surface area contributed by atoms with Crippen LogP contribution in [0.3, 0.4) is 0 Å². The van der Waals surface area contributed by atoms with Gasteiger partial charge in [-0.2, -0.15) is 0 Å². The zero-order valence-electron chi connectivity index (χ0n) is 9.78. The van der Waals surface area contributed by atoms with Crippen LogP contribution in [0.15, 0.2) is 24.3 Å². The molecule has 0 heterocycles. The van der Waals surface area contributed by atoms with Gasteiger partial charge in [0.2, 0.25) is 0 Å². The predicted molar refractivity (Wildman–Crippen MR) is 64.0 cm³/mol. The Labute approximate surface area is 95.7 Å². The van der Waals surface area contributed by atoms with Crippen molar-refractivity contribution in [1.82, 2.24) is 0 Å². The van der Waals surface area contributed by atoms with Gasteiger partial charge in [0, 0.05) is 13.1 Å². The summed E-state index contributed by atoms with van der Waals surface area (Å²) in [7, 11) is 0. The van der Waals surface area contributed by atoms with Crippen LogP contribution in [-0.2, 0) is 0 Å². The van der Waals surface area contributed by atoms with E-state index in [0.717, 1.165) is 0 Å². The second-order valence-corrected chi connectivity index (χ2v) is 4.28. The van der Waals surface area contributed by atoms with Crippen molar-refractivity contribution in [2.75, 3.05) is 24.6 Å². The molecule has 0 saturated carbocycles. The van der Waals surface area contributed by atoms with Crippen LogP contribution in [0.4, 0.5) is 10.1 Å². The number of benzene rings is 1. The maximum absolute atomic E-state index is 13.6. The molecule has 4 heteroatoms. The van der Waals surface area contributed by atoms with Crippen LogP contribution in [0.2, 0.25) is 0 Å². The summed E-state index contributed by atoms with van der Waals surface area (Å²) in [6, 6.07) is 6.57. The highest BCUT2D eigenvalue weighted by atomic mass is 19.1. The van der Waals surface area contributed by atoms with E-state index < -0.39 is 5.54 Å². The van der Waals surface area contributed by atoms with Crippen LogP contribution in [0.1, 0.15) is 13.8 Å². The summed E-state index contributed by atoms with van der Waals surface area (Å²) >= 11 is 0. The molecule has 0 bridgehead atoms. The number of anilines is 1. The molecule has 0 aromatic heterocycles. The lowest BCUT2D eigenvalue weighted by Gasteiger charge is -2.32. The van der Waals surface area contributed by atoms with Crippen molar-refractivity contribution in [2.24, 2.45) is 5.73 Å². The van der Waals surface area contributed by atoms with E-state index in [1.54, 1.807) is 25.1 Å². The summed E-state index contributed by atoms with van der Waals surface area (Å²) in [5.74, 6) is -0.266. The zero-order chi connectivity index (χ0) is 12.2. The zero-order valence-corrected chi connectivity index (χ0v) is 9.78. The second-order valence-electron chi connectivity index (χ2n) is 4.28. The van der Waals surface area contributed by atoms with Crippen molar-refractivity contribution >= 4 is 5.69 Å². The number of nitrogens with zero attached hydrogens (tertiary/aromatic N) is 1. The monoisotopic (exact) mass is 226 g/mol. The van der Waals surface area contributed by atoms with Gasteiger partial charge in [-0.15, -0.1) is 0 Å². The lowest BCUT2D eigenvalue weighted by molar-refractivity contribution is 0.211. The van der Waals surface area contributed by atoms with Gasteiger partial charge in [-0.1, -0.05) is 12.1 Å². The SMILES string of the molecule is CCN(CC(C)(N)CO)c1ccccc1F. The molecule has 0 spiro atoms. The quantitative estimate of drug-likeness (QED) is 0.797. The maximum Gasteiger partial charge on any atom is 0.146 e. The number of para-hydroxylation sites is 1. The van der Waals surface area contributed by atoms with Crippen molar-refractivity contribution in [3.05, 3.63) is 30.1 Å². The summed E-state index contributed by atoms with van der Waals surface area (Å²) < 4.78 is 13.6. The fourth-order valence-corrected chi connectivity index (χ4v) is 1.56. The lowest BCUT2D eigenvalue weighted by Crippen LogP contribution is -2.51. The number of hydrogen-bond donors (Lipinski definition) is 2. The number of aliphatic hydroxyl groups excluding tert-OH is 1. The van der Waals surface area contributed by atoms with E-state index in [0.29, 0.717) is 18.8 Å². The highest BCUT2D eigenvalue weighted by molar-refractivity contribution is 5.47. The molecule has 0 radical (unpaired) electrons. The van der Waals surface area contributed by atoms with Gasteiger partial charge in [-0.3, -0.25) is 0 Å². The molecule has 3 N–H and O–H groups in total. The molecule has 0 aliphatic rings. The Bertz CT molecular complexity index is 342. The van der Waals surface area contributed by atoms with Gasteiger partial charge in [-0.25, -0.2) is 4.39 Å². The Hall–Kier alpha value is -1.13. The molecule has 90 valence electrons. The first-order chi connectivity index (χ1) is 7.50. The maximum atomic E-state index is 13.6. The topological polar surface area (TPSA) is 49.5 Å². The third-order valence-corrected chi connectivity index (χ3v) is 2.49. The van der Waals surface area contributed by atoms with Crippen molar-refractivity contribution in [3.8, 4) is 0 Å². The van der Waals surface area contributed by atoms with Gasteiger partial charge in [0.1, 0.15) is 5.82 Å². The minimum Gasteiger partial charge on any atom is -0.394 e. The van der Waals surface area contributed by atoms with Gasteiger partial charge < -0.3 is 15.7 Å². The number of aliphatic hydroxyl groups is 1. The fraction of sp³-hybridized carbons (Fsp3) is 0.500. The number of rotatable bonds is 5. The molecule has 0 amide bonds. The number of hydrogen-bond acceptors (Lipinski definition) is 3. The molecular formula is C12H19FN2O. The number of nitrogens with two attached hydrogens (primary N) is 1. The number of likely N-dealkylation sites (N-methyl/N-ethyl adjacent to an activating group) is 1. The molecule has 0 aliphatic carbocycles. The van der Waals surface area contributed by atoms with Gasteiger partial charge in [0.15, 0.2) is 0 Å². The van der Waals surface area contributed by atoms with Gasteiger partial charge in [0.05, 0.1) is 17.8 Å². The van der Waals surface area contributed by atoms with Crippen LogP contribution in [0.5, 0.6) is 0 Å². The van der Waals surface area contributed by atoms with Gasteiger partial charge in [-0.05, 0) is 26.0 Å². The molecule has 16 heavy (non-hydrogen) atoms. The van der Waals surface area contributed by atoms with E-state index in [1.165, 1.54) is 6.07 Å². The van der Waals surface area contributed by atoms with E-state index in [4.69, 9.17) is 10.8 Å². The summed E-state index contributed by atoms with van der Waals surface area (Å²) in [4.78, 5) is 1.82. The average molecular weight is 226 g/mol. The largest absolute Gasteiger partial charge is 0.394 e. The minimum absolute atomic E-state index is 0.127. The molecule has 1 unspecified atom stereocenters. The normalized spacial score (nSPS) is 14.6. The highest BCUT2D eigenvalue weighted by Crippen LogP contribution is 2.19. The summed E-state index contributed by atoms with van der Waals surface area (Å²) in [5.41, 5.74) is 5.67. The Morgan fingerprint density at radius 3 is 2.56 bits per heavy atom. The van der Waals surface area contributed by atoms with Gasteiger partial charge in [0.25, 0.3) is 0 Å². The molecule has 0 fully saturated rings. The van der Waals surface area contributed by atoms with Crippen LogP contribution >= 0.6 is 0 Å². The van der Waals surface area contributed by atoms with Crippen molar-refractivity contribution < 1.29 is 9.50 Å². The first-order valence-electron chi connectivity index (χ1n) is 5.39. The van der Waals surface area contributed by atoms with E-state index >= 15 is 0 Å². The van der Waals surface area contributed by atoms with Crippen LogP contribution in [0.25, 0.3) is 0 Å². The third kappa shape index (κ3) is 3.18. The van der Waals surface area contributed by atoms with E-state index in [1.807, 2.05) is 11.8 Å². The van der Waals surface area contributed by atoms with Crippen LogP contribution < -0.4 is 10.6 Å². The lowest BCUT2D eigenvalue weighted by atomic mass is 10.0. The standard InChI is InChI=1S/C12H19FN2O/c1-3-15(8-12(2,14)9-16)11-7-5-4-6-10(11)13/h4-7,16H,3,8-9,14H2,1-2H3. The van der Waals surface area contributed by atoms with Crippen LogP contribution in [-0.4, -0.2) is 30.3 Å². The first kappa shape index (κ1) is 12.9. The fourth-order valence-electron chi connectivity index (χ4n) is 1.56. The molecule has 1 atom stereocenters.